The Kier molecular flexibility index (Phi) is 8.34. The number of aliphatic hydroxyl groups is 2. The van der Waals surface area contributed by atoms with Crippen LogP contribution >= 0.6 is 0 Å². The summed E-state index contributed by atoms with van der Waals surface area (Å²) in [6.07, 6.45) is -1.58. The molecule has 0 saturated heterocycles. The van der Waals surface area contributed by atoms with Crippen molar-refractivity contribution in [3.63, 3.8) is 0 Å². The van der Waals surface area contributed by atoms with E-state index in [9.17, 15) is 19.8 Å². The van der Waals surface area contributed by atoms with Crippen molar-refractivity contribution in [2.75, 3.05) is 20.1 Å². The van der Waals surface area contributed by atoms with Crippen LogP contribution in [0.3, 0.4) is 0 Å². The first-order valence-electron chi connectivity index (χ1n) is 6.75. The van der Waals surface area contributed by atoms with Gasteiger partial charge in [-0.25, -0.2) is 0 Å². The Balaban J connectivity index is 4.52. The van der Waals surface area contributed by atoms with Crippen LogP contribution in [0, 0.1) is 5.92 Å². The summed E-state index contributed by atoms with van der Waals surface area (Å²) in [5.74, 6) is -0.886. The first-order chi connectivity index (χ1) is 8.88. The summed E-state index contributed by atoms with van der Waals surface area (Å²) in [5.41, 5.74) is 0. The fraction of sp³-hybridized carbons (Fsp3) is 0.846. The molecule has 0 aromatic carbocycles. The monoisotopic (exact) mass is 274 g/mol. The van der Waals surface area contributed by atoms with Gasteiger partial charge in [-0.05, 0) is 19.3 Å². The lowest BCUT2D eigenvalue weighted by molar-refractivity contribution is -0.152. The minimum atomic E-state index is -1.73. The number of carbonyl (C=O) groups excluding carboxylic acids is 2. The minimum absolute atomic E-state index is 0.437. The topological polar surface area (TPSA) is 89.9 Å². The number of nitrogens with one attached hydrogen (secondary N) is 1. The van der Waals surface area contributed by atoms with Crippen LogP contribution in [0.25, 0.3) is 0 Å². The predicted octanol–water partition coefficient (Wildman–Crippen LogP) is -0.261. The molecular weight excluding hydrogens is 248 g/mol. The van der Waals surface area contributed by atoms with Gasteiger partial charge in [-0.15, -0.1) is 0 Å². The minimum Gasteiger partial charge on any atom is -0.380 e. The van der Waals surface area contributed by atoms with Crippen LogP contribution in [0.1, 0.15) is 33.6 Å². The molecule has 112 valence electrons. The van der Waals surface area contributed by atoms with Gasteiger partial charge in [0.25, 0.3) is 11.8 Å². The van der Waals surface area contributed by atoms with E-state index in [0.29, 0.717) is 19.0 Å². The average molecular weight is 274 g/mol. The number of aliphatic hydroxyl groups excluding tert-OH is 2. The maximum absolute atomic E-state index is 12.0. The van der Waals surface area contributed by atoms with Crippen molar-refractivity contribution in [3.05, 3.63) is 0 Å². The number of likely N-dealkylation sites (N-methyl/N-ethyl adjacent to an activating group) is 2. The van der Waals surface area contributed by atoms with E-state index in [4.69, 9.17) is 0 Å². The van der Waals surface area contributed by atoms with Gasteiger partial charge in [-0.3, -0.25) is 9.59 Å². The van der Waals surface area contributed by atoms with Gasteiger partial charge < -0.3 is 20.4 Å². The first-order valence-corrected chi connectivity index (χ1v) is 6.75. The van der Waals surface area contributed by atoms with E-state index in [0.717, 1.165) is 12.8 Å². The van der Waals surface area contributed by atoms with Crippen LogP contribution in [-0.2, 0) is 9.59 Å². The van der Waals surface area contributed by atoms with Gasteiger partial charge in [0, 0.05) is 20.1 Å². The van der Waals surface area contributed by atoms with Crippen molar-refractivity contribution in [2.45, 2.75) is 45.8 Å². The lowest BCUT2D eigenvalue weighted by Crippen LogP contribution is -2.50. The molecule has 3 unspecified atom stereocenters. The van der Waals surface area contributed by atoms with Crippen LogP contribution < -0.4 is 5.32 Å². The summed E-state index contributed by atoms with van der Waals surface area (Å²) in [4.78, 5) is 24.6. The Morgan fingerprint density at radius 1 is 1.21 bits per heavy atom. The maximum atomic E-state index is 12.0. The Labute approximate surface area is 114 Å². The highest BCUT2D eigenvalue weighted by Gasteiger charge is 2.32. The van der Waals surface area contributed by atoms with Crippen LogP contribution in [0.5, 0.6) is 0 Å². The lowest BCUT2D eigenvalue weighted by Gasteiger charge is -2.26. The van der Waals surface area contributed by atoms with Crippen LogP contribution in [-0.4, -0.2) is 59.3 Å². The third-order valence-electron chi connectivity index (χ3n) is 3.35. The van der Waals surface area contributed by atoms with Gasteiger partial charge in [0.2, 0.25) is 0 Å². The summed E-state index contributed by atoms with van der Waals surface area (Å²) in [5, 5.41) is 21.4. The second-order valence-corrected chi connectivity index (χ2v) is 4.72. The van der Waals surface area contributed by atoms with Crippen LogP contribution in [0.4, 0.5) is 0 Å². The zero-order chi connectivity index (χ0) is 15.0. The molecule has 0 radical (unpaired) electrons. The highest BCUT2D eigenvalue weighted by molar-refractivity contribution is 5.90. The molecule has 3 atom stereocenters. The molecule has 0 bridgehead atoms. The second-order valence-electron chi connectivity index (χ2n) is 4.72. The summed E-state index contributed by atoms with van der Waals surface area (Å²) in [6.45, 7) is 6.92. The number of rotatable bonds is 8. The van der Waals surface area contributed by atoms with Crippen molar-refractivity contribution in [2.24, 2.45) is 5.92 Å². The average Bonchev–Trinajstić information content (AvgIpc) is 2.44. The van der Waals surface area contributed by atoms with Gasteiger partial charge in [0.1, 0.15) is 0 Å². The molecule has 6 heteroatoms. The Hall–Kier alpha value is -1.14. The van der Waals surface area contributed by atoms with E-state index in [1.54, 1.807) is 6.92 Å². The summed E-state index contributed by atoms with van der Waals surface area (Å²) in [7, 11) is 1.34. The quantitative estimate of drug-likeness (QED) is 0.569. The zero-order valence-corrected chi connectivity index (χ0v) is 12.2. The molecule has 0 heterocycles. The van der Waals surface area contributed by atoms with Gasteiger partial charge >= 0.3 is 0 Å². The number of carbonyl (C=O) groups is 2. The summed E-state index contributed by atoms with van der Waals surface area (Å²) in [6, 6.07) is 0. The van der Waals surface area contributed by atoms with Gasteiger partial charge in [-0.1, -0.05) is 20.3 Å². The van der Waals surface area contributed by atoms with Crippen molar-refractivity contribution in [1.29, 1.82) is 0 Å². The van der Waals surface area contributed by atoms with E-state index in [-0.39, 0.29) is 0 Å². The highest BCUT2D eigenvalue weighted by Crippen LogP contribution is 2.09. The molecule has 0 rings (SSSR count). The third-order valence-corrected chi connectivity index (χ3v) is 3.35. The predicted molar refractivity (Wildman–Crippen MR) is 72.4 cm³/mol. The largest absolute Gasteiger partial charge is 0.380 e. The van der Waals surface area contributed by atoms with Crippen molar-refractivity contribution in [3.8, 4) is 0 Å². The number of hydrogen-bond donors (Lipinski definition) is 3. The molecular formula is C13H26N2O4. The Morgan fingerprint density at radius 3 is 2.21 bits per heavy atom. The van der Waals surface area contributed by atoms with Gasteiger partial charge in [0.15, 0.2) is 12.2 Å². The lowest BCUT2D eigenvalue weighted by atomic mass is 10.0. The first kappa shape index (κ1) is 17.9. The van der Waals surface area contributed by atoms with Crippen molar-refractivity contribution in [1.82, 2.24) is 10.2 Å². The van der Waals surface area contributed by atoms with E-state index >= 15 is 0 Å². The number of amides is 2. The molecule has 2 amide bonds. The van der Waals surface area contributed by atoms with Crippen molar-refractivity contribution >= 4 is 11.8 Å². The van der Waals surface area contributed by atoms with E-state index < -0.39 is 24.0 Å². The molecule has 0 spiro atoms. The van der Waals surface area contributed by atoms with Crippen molar-refractivity contribution < 1.29 is 19.8 Å². The summed E-state index contributed by atoms with van der Waals surface area (Å²) < 4.78 is 0. The maximum Gasteiger partial charge on any atom is 0.254 e. The number of hydrogen-bond acceptors (Lipinski definition) is 4. The molecule has 3 N–H and O–H groups in total. The fourth-order valence-electron chi connectivity index (χ4n) is 1.62. The normalized spacial score (nSPS) is 15.5. The van der Waals surface area contributed by atoms with Gasteiger partial charge in [0.05, 0.1) is 0 Å². The Bertz CT molecular complexity index is 296. The molecule has 0 fully saturated rings. The Morgan fingerprint density at radius 2 is 1.79 bits per heavy atom. The molecule has 0 aliphatic carbocycles. The molecule has 0 aliphatic rings. The molecule has 0 aromatic heterocycles. The number of nitrogens with zero attached hydrogens (tertiary/aromatic N) is 1. The molecule has 0 saturated carbocycles. The van der Waals surface area contributed by atoms with Gasteiger partial charge in [-0.2, -0.15) is 0 Å². The SMILES string of the molecule is CCC(C)CCN(CC)C(=O)C(O)C(O)C(=O)NC. The van der Waals surface area contributed by atoms with Crippen LogP contribution in [0.15, 0.2) is 0 Å². The van der Waals surface area contributed by atoms with E-state index in [1.165, 1.54) is 11.9 Å². The molecule has 0 aliphatic heterocycles. The standard InChI is InChI=1S/C13H26N2O4/c1-5-9(3)7-8-15(6-2)13(19)11(17)10(16)12(18)14-4/h9-11,16-17H,5-8H2,1-4H3,(H,14,18). The smallest absolute Gasteiger partial charge is 0.254 e. The highest BCUT2D eigenvalue weighted by atomic mass is 16.3. The molecule has 6 nitrogen and oxygen atoms in total. The molecule has 19 heavy (non-hydrogen) atoms. The van der Waals surface area contributed by atoms with E-state index in [1.807, 2.05) is 0 Å². The summed E-state index contributed by atoms with van der Waals surface area (Å²) >= 11 is 0. The molecule has 0 aromatic rings. The van der Waals surface area contributed by atoms with Crippen LogP contribution in [0.2, 0.25) is 0 Å². The van der Waals surface area contributed by atoms with E-state index in [2.05, 4.69) is 19.2 Å². The fourth-order valence-corrected chi connectivity index (χ4v) is 1.62. The third kappa shape index (κ3) is 5.57. The second kappa shape index (κ2) is 8.87. The zero-order valence-electron chi connectivity index (χ0n) is 12.2.